The van der Waals surface area contributed by atoms with Crippen LogP contribution >= 0.6 is 34.2 Å². The van der Waals surface area contributed by atoms with Gasteiger partial charge in [0.1, 0.15) is 0 Å². The Hall–Kier alpha value is -0.290. The van der Waals surface area contributed by atoms with E-state index in [-0.39, 0.29) is 0 Å². The lowest BCUT2D eigenvalue weighted by Crippen LogP contribution is -1.74. The van der Waals surface area contributed by atoms with Crippen molar-refractivity contribution in [1.82, 2.24) is 9.97 Å². The Morgan fingerprint density at radius 2 is 2.27 bits per heavy atom. The van der Waals surface area contributed by atoms with Crippen LogP contribution in [0, 0.1) is 3.57 Å². The second-order valence-electron chi connectivity index (χ2n) is 2.18. The van der Waals surface area contributed by atoms with Crippen LogP contribution in [0.5, 0.6) is 0 Å². The molecule has 11 heavy (non-hydrogen) atoms. The molecule has 0 aromatic carbocycles. The first-order valence-corrected chi connectivity index (χ1v) is 4.51. The maximum atomic E-state index is 5.92. The first-order chi connectivity index (χ1) is 5.29. The molecule has 0 atom stereocenters. The van der Waals surface area contributed by atoms with Crippen molar-refractivity contribution in [2.75, 3.05) is 0 Å². The smallest absolute Gasteiger partial charge is 0.0693 e. The number of aromatic amines is 1. The van der Waals surface area contributed by atoms with E-state index >= 15 is 0 Å². The van der Waals surface area contributed by atoms with Crippen molar-refractivity contribution in [3.05, 3.63) is 27.2 Å². The molecule has 0 amide bonds. The van der Waals surface area contributed by atoms with E-state index < -0.39 is 0 Å². The highest BCUT2D eigenvalue weighted by atomic mass is 127. The number of hydrogen-bond acceptors (Lipinski definition) is 1. The van der Waals surface area contributed by atoms with Crippen LogP contribution in [-0.2, 0) is 0 Å². The molecular weight excluding hydrogens is 274 g/mol. The van der Waals surface area contributed by atoms with Gasteiger partial charge >= 0.3 is 0 Å². The van der Waals surface area contributed by atoms with Gasteiger partial charge in [0.2, 0.25) is 0 Å². The minimum absolute atomic E-state index is 0.702. The molecule has 1 N–H and O–H groups in total. The zero-order chi connectivity index (χ0) is 7.84. The second kappa shape index (κ2) is 2.64. The highest BCUT2D eigenvalue weighted by Gasteiger charge is 2.03. The molecule has 0 unspecified atom stereocenters. The Balaban J connectivity index is 2.96. The van der Waals surface area contributed by atoms with Crippen LogP contribution in [0.1, 0.15) is 0 Å². The van der Waals surface area contributed by atoms with Gasteiger partial charge in [-0.15, -0.1) is 0 Å². The number of H-pyrrole nitrogens is 1. The van der Waals surface area contributed by atoms with Gasteiger partial charge in [-0.05, 0) is 22.6 Å². The zero-order valence-electron chi connectivity index (χ0n) is 5.44. The number of nitrogens with one attached hydrogen (secondary N) is 1. The molecule has 2 nitrogen and oxygen atoms in total. The molecule has 4 heteroatoms. The lowest BCUT2D eigenvalue weighted by Gasteiger charge is -1.91. The summed E-state index contributed by atoms with van der Waals surface area (Å²) in [7, 11) is 0. The molecule has 2 aromatic heterocycles. The molecule has 2 rings (SSSR count). The van der Waals surface area contributed by atoms with Gasteiger partial charge in [-0.1, -0.05) is 11.6 Å². The summed E-state index contributed by atoms with van der Waals surface area (Å²) in [5, 5.41) is 1.76. The summed E-state index contributed by atoms with van der Waals surface area (Å²) in [5.41, 5.74) is 0.988. The van der Waals surface area contributed by atoms with Crippen LogP contribution in [0.2, 0.25) is 5.02 Å². The van der Waals surface area contributed by atoms with Gasteiger partial charge in [0.05, 0.1) is 16.7 Å². The lowest BCUT2D eigenvalue weighted by molar-refractivity contribution is 1.34. The molecule has 2 heterocycles. The Labute approximate surface area is 82.1 Å². The number of pyridine rings is 1. The molecule has 0 aliphatic carbocycles. The highest BCUT2D eigenvalue weighted by molar-refractivity contribution is 14.1. The summed E-state index contributed by atoms with van der Waals surface area (Å²) in [6.07, 6.45) is 5.34. The van der Waals surface area contributed by atoms with Gasteiger partial charge < -0.3 is 4.98 Å². The van der Waals surface area contributed by atoms with Gasteiger partial charge in [0, 0.05) is 21.4 Å². The fourth-order valence-electron chi connectivity index (χ4n) is 1.00. The number of rotatable bonds is 0. The van der Waals surface area contributed by atoms with Crippen LogP contribution in [0.15, 0.2) is 18.6 Å². The van der Waals surface area contributed by atoms with Gasteiger partial charge in [-0.2, -0.15) is 0 Å². The predicted molar refractivity (Wildman–Crippen MR) is 53.8 cm³/mol. The minimum Gasteiger partial charge on any atom is -0.359 e. The third kappa shape index (κ3) is 1.12. The first-order valence-electron chi connectivity index (χ1n) is 3.05. The van der Waals surface area contributed by atoms with E-state index in [1.807, 2.05) is 6.20 Å². The molecule has 0 bridgehead atoms. The highest BCUT2D eigenvalue weighted by Crippen LogP contribution is 2.25. The summed E-state index contributed by atoms with van der Waals surface area (Å²) < 4.78 is 1.13. The summed E-state index contributed by atoms with van der Waals surface area (Å²) in [4.78, 5) is 7.03. The van der Waals surface area contributed by atoms with Crippen molar-refractivity contribution in [2.24, 2.45) is 0 Å². The SMILES string of the molecule is Clc1cncc2[nH]cc(I)c12. The van der Waals surface area contributed by atoms with Crippen molar-refractivity contribution in [3.63, 3.8) is 0 Å². The zero-order valence-corrected chi connectivity index (χ0v) is 8.35. The van der Waals surface area contributed by atoms with Crippen molar-refractivity contribution in [1.29, 1.82) is 0 Å². The summed E-state index contributed by atoms with van der Waals surface area (Å²) in [6.45, 7) is 0. The van der Waals surface area contributed by atoms with Gasteiger partial charge in [0.15, 0.2) is 0 Å². The van der Waals surface area contributed by atoms with Crippen molar-refractivity contribution >= 4 is 45.1 Å². The Morgan fingerprint density at radius 1 is 1.45 bits per heavy atom. The topological polar surface area (TPSA) is 28.7 Å². The molecule has 0 aliphatic heterocycles. The molecule has 0 aliphatic rings. The Morgan fingerprint density at radius 3 is 3.00 bits per heavy atom. The lowest BCUT2D eigenvalue weighted by atomic mass is 10.3. The van der Waals surface area contributed by atoms with E-state index in [4.69, 9.17) is 11.6 Å². The van der Waals surface area contributed by atoms with E-state index in [0.717, 1.165) is 14.5 Å². The van der Waals surface area contributed by atoms with Crippen LogP contribution < -0.4 is 0 Å². The van der Waals surface area contributed by atoms with Crippen molar-refractivity contribution in [2.45, 2.75) is 0 Å². The second-order valence-corrected chi connectivity index (χ2v) is 3.75. The average Bonchev–Trinajstić information content (AvgIpc) is 2.34. The first kappa shape index (κ1) is 7.36. The molecule has 0 saturated heterocycles. The van der Waals surface area contributed by atoms with Crippen LogP contribution in [0.4, 0.5) is 0 Å². The van der Waals surface area contributed by atoms with E-state index in [9.17, 15) is 0 Å². The standard InChI is InChI=1S/C7H4ClIN2/c8-4-1-10-3-6-7(4)5(9)2-11-6/h1-3,11H. The van der Waals surface area contributed by atoms with Gasteiger partial charge in [0.25, 0.3) is 0 Å². The van der Waals surface area contributed by atoms with Gasteiger partial charge in [-0.3, -0.25) is 4.98 Å². The quantitative estimate of drug-likeness (QED) is 0.738. The number of fused-ring (bicyclic) bond motifs is 1. The average molecular weight is 278 g/mol. The molecular formula is C7H4ClIN2. The third-order valence-electron chi connectivity index (χ3n) is 1.49. The van der Waals surface area contributed by atoms with E-state index in [0.29, 0.717) is 5.02 Å². The number of hydrogen-bond donors (Lipinski definition) is 1. The summed E-state index contributed by atoms with van der Waals surface area (Å²) in [5.74, 6) is 0. The van der Waals surface area contributed by atoms with Gasteiger partial charge in [-0.25, -0.2) is 0 Å². The maximum absolute atomic E-state index is 5.92. The van der Waals surface area contributed by atoms with E-state index in [2.05, 4.69) is 32.6 Å². The van der Waals surface area contributed by atoms with Crippen LogP contribution in [0.25, 0.3) is 10.9 Å². The molecule has 0 spiro atoms. The Kier molecular flexibility index (Phi) is 1.77. The molecule has 2 aromatic rings. The van der Waals surface area contributed by atoms with Crippen molar-refractivity contribution in [3.8, 4) is 0 Å². The fraction of sp³-hybridized carbons (Fsp3) is 0. The molecule has 0 saturated carbocycles. The predicted octanol–water partition coefficient (Wildman–Crippen LogP) is 2.82. The largest absolute Gasteiger partial charge is 0.359 e. The molecule has 56 valence electrons. The fourth-order valence-corrected chi connectivity index (χ4v) is 2.16. The molecule has 0 radical (unpaired) electrons. The number of nitrogens with zero attached hydrogens (tertiary/aromatic N) is 1. The van der Waals surface area contributed by atoms with Crippen LogP contribution in [-0.4, -0.2) is 9.97 Å². The Bertz CT molecular complexity index is 396. The van der Waals surface area contributed by atoms with Crippen LogP contribution in [0.3, 0.4) is 0 Å². The van der Waals surface area contributed by atoms with E-state index in [1.54, 1.807) is 12.4 Å². The molecule has 0 fully saturated rings. The normalized spacial score (nSPS) is 10.7. The maximum Gasteiger partial charge on any atom is 0.0693 e. The monoisotopic (exact) mass is 278 g/mol. The number of halogens is 2. The van der Waals surface area contributed by atoms with E-state index in [1.165, 1.54) is 0 Å². The third-order valence-corrected chi connectivity index (χ3v) is 2.63. The summed E-state index contributed by atoms with van der Waals surface area (Å²) in [6, 6.07) is 0. The number of aromatic nitrogens is 2. The van der Waals surface area contributed by atoms with Crippen molar-refractivity contribution < 1.29 is 0 Å². The minimum atomic E-state index is 0.702. The summed E-state index contributed by atoms with van der Waals surface area (Å²) >= 11 is 8.15.